The zero-order valence-corrected chi connectivity index (χ0v) is 16.2. The molecule has 0 unspecified atom stereocenters. The summed E-state index contributed by atoms with van der Waals surface area (Å²) in [4.78, 5) is 23.9. The van der Waals surface area contributed by atoms with Crippen molar-refractivity contribution in [3.63, 3.8) is 0 Å². The van der Waals surface area contributed by atoms with Crippen LogP contribution in [0.3, 0.4) is 0 Å². The van der Waals surface area contributed by atoms with Crippen molar-refractivity contribution in [3.05, 3.63) is 29.3 Å². The van der Waals surface area contributed by atoms with E-state index in [9.17, 15) is 23.1 Å². The van der Waals surface area contributed by atoms with E-state index in [1.54, 1.807) is 26.8 Å². The number of carbonyl (C=O) groups is 2. The molecule has 0 aliphatic carbocycles. The molecule has 0 spiro atoms. The summed E-state index contributed by atoms with van der Waals surface area (Å²) in [5.41, 5.74) is 0.767. The molecule has 1 aliphatic heterocycles. The van der Waals surface area contributed by atoms with Crippen molar-refractivity contribution in [2.45, 2.75) is 51.0 Å². The maximum atomic E-state index is 12.8. The first kappa shape index (κ1) is 20.4. The Morgan fingerprint density at radius 1 is 1.15 bits per heavy atom. The number of aryl methyl sites for hydroxylation is 1. The van der Waals surface area contributed by atoms with Gasteiger partial charge >= 0.3 is 5.97 Å². The van der Waals surface area contributed by atoms with E-state index in [0.717, 1.165) is 19.3 Å². The monoisotopic (exact) mass is 382 g/mol. The van der Waals surface area contributed by atoms with Crippen LogP contribution < -0.4 is 5.32 Å². The van der Waals surface area contributed by atoms with Crippen molar-refractivity contribution in [1.29, 1.82) is 0 Å². The second-order valence-corrected chi connectivity index (χ2v) is 8.91. The number of carboxylic acid groups (broad SMARTS) is 1. The van der Waals surface area contributed by atoms with Crippen LogP contribution in [0, 0.1) is 12.8 Å². The number of rotatable bonds is 6. The molecule has 0 bridgehead atoms. The molecule has 0 saturated carbocycles. The predicted octanol–water partition coefficient (Wildman–Crippen LogP) is 2.01. The van der Waals surface area contributed by atoms with Gasteiger partial charge in [-0.1, -0.05) is 26.3 Å². The van der Waals surface area contributed by atoms with Crippen LogP contribution in [-0.2, 0) is 14.8 Å². The van der Waals surface area contributed by atoms with Crippen molar-refractivity contribution in [2.24, 2.45) is 5.92 Å². The molecule has 1 saturated heterocycles. The van der Waals surface area contributed by atoms with Crippen LogP contribution in [0.2, 0.25) is 0 Å². The normalized spacial score (nSPS) is 17.1. The summed E-state index contributed by atoms with van der Waals surface area (Å²) in [5, 5.41) is 11.7. The molecule has 26 heavy (non-hydrogen) atoms. The van der Waals surface area contributed by atoms with Crippen molar-refractivity contribution in [2.75, 3.05) is 13.1 Å². The molecular weight excluding hydrogens is 356 g/mol. The third-order valence-corrected chi connectivity index (χ3v) is 6.52. The molecule has 0 aromatic heterocycles. The smallest absolute Gasteiger partial charge is 0.326 e. The largest absolute Gasteiger partial charge is 0.480 e. The van der Waals surface area contributed by atoms with E-state index in [1.165, 1.54) is 16.4 Å². The van der Waals surface area contributed by atoms with Gasteiger partial charge in [-0.05, 0) is 43.4 Å². The Bertz CT molecular complexity index is 783. The number of benzene rings is 1. The molecule has 1 amide bonds. The topological polar surface area (TPSA) is 104 Å². The van der Waals surface area contributed by atoms with Crippen LogP contribution in [0.25, 0.3) is 0 Å². The number of nitrogens with zero attached hydrogens (tertiary/aromatic N) is 1. The van der Waals surface area contributed by atoms with Gasteiger partial charge in [0.05, 0.1) is 4.90 Å². The Hall–Kier alpha value is -1.93. The van der Waals surface area contributed by atoms with Crippen LogP contribution >= 0.6 is 0 Å². The fourth-order valence-electron chi connectivity index (χ4n) is 2.99. The molecule has 1 aromatic rings. The molecule has 1 atom stereocenters. The summed E-state index contributed by atoms with van der Waals surface area (Å²) in [6.45, 7) is 6.04. The molecule has 8 heteroatoms. The highest BCUT2D eigenvalue weighted by Gasteiger charge is 2.28. The standard InChI is InChI=1S/C18H26N2O5S/c1-12(2)16(18(22)23)19-17(21)15-11-14(8-7-13(15)3)26(24,25)20-9-5-4-6-10-20/h7-8,11-12,16H,4-6,9-10H2,1-3H3,(H,19,21)(H,22,23)/t16-/m1/s1. The van der Waals surface area contributed by atoms with Gasteiger partial charge in [0, 0.05) is 18.7 Å². The van der Waals surface area contributed by atoms with Crippen molar-refractivity contribution >= 4 is 21.9 Å². The van der Waals surface area contributed by atoms with Crippen molar-refractivity contribution in [3.8, 4) is 0 Å². The Morgan fingerprint density at radius 3 is 2.31 bits per heavy atom. The molecule has 2 rings (SSSR count). The highest BCUT2D eigenvalue weighted by Crippen LogP contribution is 2.23. The first-order chi connectivity index (χ1) is 12.1. The maximum Gasteiger partial charge on any atom is 0.326 e. The first-order valence-electron chi connectivity index (χ1n) is 8.79. The van der Waals surface area contributed by atoms with E-state index in [1.807, 2.05) is 0 Å². The molecule has 7 nitrogen and oxygen atoms in total. The van der Waals surface area contributed by atoms with Crippen molar-refractivity contribution in [1.82, 2.24) is 9.62 Å². The van der Waals surface area contributed by atoms with Gasteiger partial charge in [-0.2, -0.15) is 4.31 Å². The summed E-state index contributed by atoms with van der Waals surface area (Å²) < 4.78 is 27.1. The van der Waals surface area contributed by atoms with Gasteiger partial charge in [0.15, 0.2) is 0 Å². The molecule has 1 heterocycles. The van der Waals surface area contributed by atoms with Crippen LogP contribution in [0.1, 0.15) is 49.0 Å². The van der Waals surface area contributed by atoms with Gasteiger partial charge in [-0.25, -0.2) is 13.2 Å². The molecule has 0 radical (unpaired) electrons. The fourth-order valence-corrected chi connectivity index (χ4v) is 4.54. The summed E-state index contributed by atoms with van der Waals surface area (Å²) >= 11 is 0. The highest BCUT2D eigenvalue weighted by atomic mass is 32.2. The lowest BCUT2D eigenvalue weighted by Crippen LogP contribution is -2.44. The third-order valence-electron chi connectivity index (χ3n) is 4.63. The van der Waals surface area contributed by atoms with E-state index in [2.05, 4.69) is 5.32 Å². The Kier molecular flexibility index (Phi) is 6.41. The van der Waals surface area contributed by atoms with E-state index in [4.69, 9.17) is 0 Å². The Labute approximate surface area is 154 Å². The highest BCUT2D eigenvalue weighted by molar-refractivity contribution is 7.89. The minimum absolute atomic E-state index is 0.0616. The molecule has 1 aliphatic rings. The van der Waals surface area contributed by atoms with Gasteiger partial charge in [0.1, 0.15) is 6.04 Å². The molecule has 1 fully saturated rings. The zero-order valence-electron chi connectivity index (χ0n) is 15.4. The second-order valence-electron chi connectivity index (χ2n) is 6.97. The van der Waals surface area contributed by atoms with Gasteiger partial charge in [-0.15, -0.1) is 0 Å². The minimum Gasteiger partial charge on any atom is -0.480 e. The lowest BCUT2D eigenvalue weighted by Gasteiger charge is -2.26. The SMILES string of the molecule is Cc1ccc(S(=O)(=O)N2CCCCC2)cc1C(=O)N[C@@H](C(=O)O)C(C)C. The lowest BCUT2D eigenvalue weighted by molar-refractivity contribution is -0.140. The van der Waals surface area contributed by atoms with Gasteiger partial charge in [0.2, 0.25) is 10.0 Å². The average Bonchev–Trinajstić information content (AvgIpc) is 2.59. The Balaban J connectivity index is 2.31. The van der Waals surface area contributed by atoms with Crippen LogP contribution in [-0.4, -0.2) is 48.8 Å². The second kappa shape index (κ2) is 8.18. The summed E-state index contributed by atoms with van der Waals surface area (Å²) in [6.07, 6.45) is 2.67. The first-order valence-corrected chi connectivity index (χ1v) is 10.2. The Morgan fingerprint density at radius 2 is 1.77 bits per heavy atom. The molecule has 2 N–H and O–H groups in total. The van der Waals surface area contributed by atoms with E-state index in [0.29, 0.717) is 18.7 Å². The number of nitrogens with one attached hydrogen (secondary N) is 1. The van der Waals surface area contributed by atoms with Crippen molar-refractivity contribution < 1.29 is 23.1 Å². The summed E-state index contributed by atoms with van der Waals surface area (Å²) in [6, 6.07) is 3.38. The number of aliphatic carboxylic acids is 1. The van der Waals surface area contributed by atoms with E-state index < -0.39 is 27.9 Å². The zero-order chi connectivity index (χ0) is 19.5. The third kappa shape index (κ3) is 4.42. The van der Waals surface area contributed by atoms with Gasteiger partial charge < -0.3 is 10.4 Å². The average molecular weight is 382 g/mol. The maximum absolute atomic E-state index is 12.8. The van der Waals surface area contributed by atoms with Crippen LogP contribution in [0.5, 0.6) is 0 Å². The van der Waals surface area contributed by atoms with Crippen LogP contribution in [0.15, 0.2) is 23.1 Å². The fraction of sp³-hybridized carbons (Fsp3) is 0.556. The number of sulfonamides is 1. The predicted molar refractivity (Wildman–Crippen MR) is 97.5 cm³/mol. The summed E-state index contributed by atoms with van der Waals surface area (Å²) in [5.74, 6) is -2.00. The quantitative estimate of drug-likeness (QED) is 0.783. The minimum atomic E-state index is -3.66. The number of hydrogen-bond donors (Lipinski definition) is 2. The number of piperidine rings is 1. The molecule has 144 valence electrons. The number of carboxylic acids is 1. The van der Waals surface area contributed by atoms with Gasteiger partial charge in [0.25, 0.3) is 5.91 Å². The molecule has 1 aromatic carbocycles. The van der Waals surface area contributed by atoms with E-state index >= 15 is 0 Å². The number of hydrogen-bond acceptors (Lipinski definition) is 4. The lowest BCUT2D eigenvalue weighted by atomic mass is 10.0. The van der Waals surface area contributed by atoms with E-state index in [-0.39, 0.29) is 16.4 Å². The number of amides is 1. The molecular formula is C18H26N2O5S. The number of carbonyl (C=O) groups excluding carboxylic acids is 1. The summed E-state index contributed by atoms with van der Waals surface area (Å²) in [7, 11) is -3.66. The van der Waals surface area contributed by atoms with Gasteiger partial charge in [-0.3, -0.25) is 4.79 Å². The van der Waals surface area contributed by atoms with Crippen LogP contribution in [0.4, 0.5) is 0 Å².